The molecule has 0 amide bonds. The predicted octanol–water partition coefficient (Wildman–Crippen LogP) is 3.40. The number of sulfone groups is 1. The van der Waals surface area contributed by atoms with Crippen LogP contribution in [0.2, 0.25) is 0 Å². The van der Waals surface area contributed by atoms with Gasteiger partial charge in [-0.3, -0.25) is 10.1 Å². The lowest BCUT2D eigenvalue weighted by Crippen LogP contribution is -2.28. The Balaban J connectivity index is 2.35. The van der Waals surface area contributed by atoms with Crippen LogP contribution < -0.4 is 10.1 Å². The maximum absolute atomic E-state index is 11.9. The first-order valence-corrected chi connectivity index (χ1v) is 9.81. The quantitative estimate of drug-likeness (QED) is 0.586. The van der Waals surface area contributed by atoms with E-state index in [0.29, 0.717) is 6.54 Å². The summed E-state index contributed by atoms with van der Waals surface area (Å²) in [4.78, 5) is 10.5. The fourth-order valence-electron chi connectivity index (χ4n) is 2.61. The highest BCUT2D eigenvalue weighted by molar-refractivity contribution is 7.90. The molecular weight excluding hydrogens is 356 g/mol. The zero-order valence-corrected chi connectivity index (χ0v) is 16.0. The largest absolute Gasteiger partial charge is 0.497 e. The van der Waals surface area contributed by atoms with Gasteiger partial charge in [0.25, 0.3) is 0 Å². The molecule has 0 aliphatic heterocycles. The summed E-state index contributed by atoms with van der Waals surface area (Å²) < 4.78 is 29.0. The monoisotopic (exact) mass is 378 g/mol. The van der Waals surface area contributed by atoms with E-state index in [2.05, 4.69) is 5.32 Å². The number of rotatable bonds is 7. The lowest BCUT2D eigenvalue weighted by atomic mass is 9.84. The summed E-state index contributed by atoms with van der Waals surface area (Å²) in [5, 5.41) is 14.5. The van der Waals surface area contributed by atoms with Gasteiger partial charge >= 0.3 is 5.69 Å². The molecule has 0 saturated carbocycles. The molecule has 0 aliphatic carbocycles. The fraction of sp³-hybridized carbons (Fsp3) is 0.333. The number of para-hydroxylation sites is 1. The van der Waals surface area contributed by atoms with Gasteiger partial charge in [-0.2, -0.15) is 0 Å². The van der Waals surface area contributed by atoms with Gasteiger partial charge in [-0.15, -0.1) is 0 Å². The second-order valence-corrected chi connectivity index (χ2v) is 8.64. The highest BCUT2D eigenvalue weighted by atomic mass is 32.2. The Morgan fingerprint density at radius 3 is 2.42 bits per heavy atom. The highest BCUT2D eigenvalue weighted by Crippen LogP contribution is 2.33. The first-order chi connectivity index (χ1) is 12.1. The lowest BCUT2D eigenvalue weighted by Gasteiger charge is -2.26. The van der Waals surface area contributed by atoms with Crippen LogP contribution in [0.15, 0.2) is 47.4 Å². The molecule has 2 rings (SSSR count). The van der Waals surface area contributed by atoms with Crippen molar-refractivity contribution >= 4 is 21.2 Å². The second kappa shape index (κ2) is 7.33. The van der Waals surface area contributed by atoms with E-state index < -0.39 is 20.4 Å². The Bertz CT molecular complexity index is 923. The number of nitro benzene ring substituents is 1. The van der Waals surface area contributed by atoms with Gasteiger partial charge in [0.05, 0.1) is 12.0 Å². The van der Waals surface area contributed by atoms with Crippen molar-refractivity contribution < 1.29 is 18.1 Å². The number of anilines is 1. The van der Waals surface area contributed by atoms with Crippen LogP contribution in [0.5, 0.6) is 5.75 Å². The Morgan fingerprint density at radius 2 is 1.85 bits per heavy atom. The smallest absolute Gasteiger partial charge is 0.310 e. The second-order valence-electron chi connectivity index (χ2n) is 6.65. The van der Waals surface area contributed by atoms with Crippen LogP contribution in [0, 0.1) is 10.1 Å². The molecule has 0 fully saturated rings. The Morgan fingerprint density at radius 1 is 1.19 bits per heavy atom. The first kappa shape index (κ1) is 19.7. The number of ether oxygens (including phenoxy) is 1. The minimum atomic E-state index is -3.71. The Labute approximate surface area is 153 Å². The van der Waals surface area contributed by atoms with Gasteiger partial charge in [0.2, 0.25) is 0 Å². The molecule has 140 valence electrons. The van der Waals surface area contributed by atoms with E-state index in [1.807, 2.05) is 38.1 Å². The average molecular weight is 378 g/mol. The number of nitrogens with zero attached hydrogens (tertiary/aromatic N) is 1. The third kappa shape index (κ3) is 4.32. The first-order valence-electron chi connectivity index (χ1n) is 7.92. The van der Waals surface area contributed by atoms with Crippen LogP contribution in [0.25, 0.3) is 0 Å². The van der Waals surface area contributed by atoms with Crippen LogP contribution >= 0.6 is 0 Å². The summed E-state index contributed by atoms with van der Waals surface area (Å²) >= 11 is 0. The molecule has 0 saturated heterocycles. The molecule has 0 unspecified atom stereocenters. The van der Waals surface area contributed by atoms with E-state index in [0.717, 1.165) is 17.6 Å². The molecule has 2 aromatic rings. The van der Waals surface area contributed by atoms with Gasteiger partial charge in [0.1, 0.15) is 16.3 Å². The van der Waals surface area contributed by atoms with Crippen LogP contribution in [-0.2, 0) is 15.3 Å². The lowest BCUT2D eigenvalue weighted by molar-refractivity contribution is -0.386. The Kier molecular flexibility index (Phi) is 5.56. The molecule has 0 bridgehead atoms. The van der Waals surface area contributed by atoms with E-state index >= 15 is 0 Å². The minimum absolute atomic E-state index is 0.175. The van der Waals surface area contributed by atoms with Gasteiger partial charge in [0, 0.05) is 18.2 Å². The van der Waals surface area contributed by atoms with Crippen LogP contribution in [0.3, 0.4) is 0 Å². The van der Waals surface area contributed by atoms with Crippen LogP contribution in [0.4, 0.5) is 11.4 Å². The van der Waals surface area contributed by atoms with Gasteiger partial charge in [0.15, 0.2) is 9.84 Å². The van der Waals surface area contributed by atoms with Crippen molar-refractivity contribution in [2.75, 3.05) is 25.2 Å². The topological polar surface area (TPSA) is 98.5 Å². The zero-order chi connectivity index (χ0) is 19.5. The van der Waals surface area contributed by atoms with Crippen molar-refractivity contribution in [2.45, 2.75) is 24.2 Å². The molecule has 26 heavy (non-hydrogen) atoms. The third-order valence-electron chi connectivity index (χ3n) is 4.15. The van der Waals surface area contributed by atoms with Gasteiger partial charge in [-0.1, -0.05) is 32.0 Å². The van der Waals surface area contributed by atoms with Crippen LogP contribution in [-0.4, -0.2) is 33.3 Å². The summed E-state index contributed by atoms with van der Waals surface area (Å²) in [5.74, 6) is 0.723. The summed E-state index contributed by atoms with van der Waals surface area (Å²) in [5.41, 5.74) is 0.361. The van der Waals surface area contributed by atoms with Crippen molar-refractivity contribution in [2.24, 2.45) is 0 Å². The van der Waals surface area contributed by atoms with Gasteiger partial charge in [-0.05, 0) is 29.8 Å². The predicted molar refractivity (Wildman–Crippen MR) is 101 cm³/mol. The summed E-state index contributed by atoms with van der Waals surface area (Å²) in [6.07, 6.45) is 0.958. The molecule has 0 heterocycles. The number of hydrogen-bond acceptors (Lipinski definition) is 6. The number of nitrogens with one attached hydrogen (secondary N) is 1. The maximum Gasteiger partial charge on any atom is 0.310 e. The fourth-order valence-corrected chi connectivity index (χ4v) is 3.48. The van der Waals surface area contributed by atoms with E-state index in [9.17, 15) is 18.5 Å². The molecule has 7 nitrogen and oxygen atoms in total. The van der Waals surface area contributed by atoms with Crippen LogP contribution in [0.1, 0.15) is 19.4 Å². The van der Waals surface area contributed by atoms with Crippen molar-refractivity contribution in [1.82, 2.24) is 0 Å². The summed E-state index contributed by atoms with van der Waals surface area (Å²) in [6, 6.07) is 11.8. The van der Waals surface area contributed by atoms with Crippen molar-refractivity contribution in [3.8, 4) is 5.75 Å². The molecular formula is C18H22N2O5S. The molecule has 1 N–H and O–H groups in total. The minimum Gasteiger partial charge on any atom is -0.497 e. The van der Waals surface area contributed by atoms with E-state index in [-0.39, 0.29) is 16.0 Å². The van der Waals surface area contributed by atoms with Gasteiger partial charge < -0.3 is 10.1 Å². The zero-order valence-electron chi connectivity index (χ0n) is 15.1. The molecule has 2 aromatic carbocycles. The van der Waals surface area contributed by atoms with Crippen molar-refractivity contribution in [1.29, 1.82) is 0 Å². The standard InChI is InChI=1S/C18H22N2O5S/c1-18(2,13-7-5-8-14(11-13)25-3)12-19-15-9-6-10-16(26(4,23)24)17(15)20(21)22/h5-11,19H,12H2,1-4H3. The van der Waals surface area contributed by atoms with Crippen molar-refractivity contribution in [3.63, 3.8) is 0 Å². The Hall–Kier alpha value is -2.61. The van der Waals surface area contributed by atoms with Crippen molar-refractivity contribution in [3.05, 3.63) is 58.1 Å². The average Bonchev–Trinajstić information content (AvgIpc) is 2.58. The highest BCUT2D eigenvalue weighted by Gasteiger charge is 2.28. The molecule has 0 aliphatic rings. The summed E-state index contributed by atoms with van der Waals surface area (Å²) in [7, 11) is -2.13. The molecule has 0 atom stereocenters. The van der Waals surface area contributed by atoms with E-state index in [4.69, 9.17) is 4.74 Å². The number of hydrogen-bond donors (Lipinski definition) is 1. The number of methoxy groups -OCH3 is 1. The normalized spacial score (nSPS) is 11.8. The van der Waals surface area contributed by atoms with Gasteiger partial charge in [-0.25, -0.2) is 8.42 Å². The molecule has 0 radical (unpaired) electrons. The molecule has 0 aromatic heterocycles. The molecule has 8 heteroatoms. The van der Waals surface area contributed by atoms with E-state index in [1.165, 1.54) is 18.2 Å². The SMILES string of the molecule is COc1cccc(C(C)(C)CNc2cccc(S(C)(=O)=O)c2[N+](=O)[O-])c1. The maximum atomic E-state index is 11.9. The number of nitro groups is 1. The van der Waals surface area contributed by atoms with E-state index in [1.54, 1.807) is 7.11 Å². The summed E-state index contributed by atoms with van der Waals surface area (Å²) in [6.45, 7) is 4.34. The molecule has 0 spiro atoms. The third-order valence-corrected chi connectivity index (χ3v) is 5.28. The number of benzene rings is 2.